The molecule has 1 N–H and O–H groups in total. The minimum atomic E-state index is -0.909. The van der Waals surface area contributed by atoms with E-state index < -0.39 is 17.7 Å². The number of hydrogen-bond donors (Lipinski definition) is 1. The Morgan fingerprint density at radius 2 is 1.80 bits per heavy atom. The highest BCUT2D eigenvalue weighted by molar-refractivity contribution is 7.22. The van der Waals surface area contributed by atoms with Crippen molar-refractivity contribution in [1.82, 2.24) is 9.97 Å². The monoisotopic (exact) mass is 485 g/mol. The van der Waals surface area contributed by atoms with E-state index in [1.54, 1.807) is 48.7 Å². The molecule has 0 bridgehead atoms. The number of amides is 1. The average Bonchev–Trinajstić information content (AvgIpc) is 3.41. The van der Waals surface area contributed by atoms with E-state index >= 15 is 0 Å². The molecule has 1 unspecified atom stereocenters. The number of ether oxygens (including phenoxy) is 1. The molecule has 0 saturated carbocycles. The number of anilines is 1. The first-order valence-corrected chi connectivity index (χ1v) is 12.1. The molecule has 1 saturated heterocycles. The minimum absolute atomic E-state index is 0.0243. The van der Waals surface area contributed by atoms with Gasteiger partial charge in [0.05, 0.1) is 28.1 Å². The summed E-state index contributed by atoms with van der Waals surface area (Å²) < 4.78 is 6.61. The summed E-state index contributed by atoms with van der Waals surface area (Å²) in [6.07, 6.45) is 1.59. The van der Waals surface area contributed by atoms with E-state index in [1.165, 1.54) is 16.2 Å². The molecule has 4 aromatic rings. The van der Waals surface area contributed by atoms with Crippen LogP contribution >= 0.6 is 11.3 Å². The van der Waals surface area contributed by atoms with E-state index in [2.05, 4.69) is 23.8 Å². The topological polar surface area (TPSA) is 92.6 Å². The fourth-order valence-electron chi connectivity index (χ4n) is 3.94. The van der Waals surface area contributed by atoms with Gasteiger partial charge in [0.1, 0.15) is 17.6 Å². The Labute approximate surface area is 206 Å². The molecule has 1 amide bonds. The molecule has 0 radical (unpaired) electrons. The molecular weight excluding hydrogens is 462 g/mol. The molecular formula is C27H23N3O4S. The fraction of sp³-hybridized carbons (Fsp3) is 0.185. The third-order valence-electron chi connectivity index (χ3n) is 5.61. The van der Waals surface area contributed by atoms with Gasteiger partial charge in [0.25, 0.3) is 5.78 Å². The summed E-state index contributed by atoms with van der Waals surface area (Å²) in [5.74, 6) is -0.764. The van der Waals surface area contributed by atoms with Gasteiger partial charge in [-0.25, -0.2) is 4.98 Å². The number of pyridine rings is 1. The Kier molecular flexibility index (Phi) is 6.05. The highest BCUT2D eigenvalue weighted by Gasteiger charge is 2.48. The molecule has 0 aliphatic carbocycles. The maximum atomic E-state index is 13.3. The van der Waals surface area contributed by atoms with E-state index in [0.29, 0.717) is 34.7 Å². The number of benzene rings is 2. The number of aliphatic hydroxyl groups is 1. The number of fused-ring (bicyclic) bond motifs is 1. The van der Waals surface area contributed by atoms with Crippen molar-refractivity contribution in [2.45, 2.75) is 19.9 Å². The van der Waals surface area contributed by atoms with Crippen LogP contribution in [0.5, 0.6) is 5.75 Å². The number of aromatic nitrogens is 2. The lowest BCUT2D eigenvalue weighted by Crippen LogP contribution is -2.29. The van der Waals surface area contributed by atoms with Gasteiger partial charge in [-0.1, -0.05) is 43.4 Å². The van der Waals surface area contributed by atoms with Gasteiger partial charge in [0.2, 0.25) is 0 Å². The van der Waals surface area contributed by atoms with Crippen LogP contribution in [0, 0.1) is 5.92 Å². The van der Waals surface area contributed by atoms with Crippen molar-refractivity contribution in [3.8, 4) is 5.75 Å². The lowest BCUT2D eigenvalue weighted by Gasteiger charge is -2.22. The quantitative estimate of drug-likeness (QED) is 0.225. The number of thiazole rings is 1. The fourth-order valence-corrected chi connectivity index (χ4v) is 4.93. The molecule has 1 aliphatic rings. The van der Waals surface area contributed by atoms with Gasteiger partial charge in [-0.3, -0.25) is 19.5 Å². The molecule has 1 atom stereocenters. The second-order valence-corrected chi connectivity index (χ2v) is 9.63. The summed E-state index contributed by atoms with van der Waals surface area (Å²) in [4.78, 5) is 36.9. The van der Waals surface area contributed by atoms with Gasteiger partial charge < -0.3 is 9.84 Å². The van der Waals surface area contributed by atoms with Crippen LogP contribution in [-0.2, 0) is 9.59 Å². The third-order valence-corrected chi connectivity index (χ3v) is 6.65. The lowest BCUT2D eigenvalue weighted by molar-refractivity contribution is -0.132. The third kappa shape index (κ3) is 4.28. The summed E-state index contributed by atoms with van der Waals surface area (Å²) in [6, 6.07) is 18.7. The van der Waals surface area contributed by atoms with Crippen molar-refractivity contribution in [3.63, 3.8) is 0 Å². The van der Waals surface area contributed by atoms with Crippen molar-refractivity contribution in [2.24, 2.45) is 5.92 Å². The van der Waals surface area contributed by atoms with Crippen LogP contribution < -0.4 is 9.64 Å². The van der Waals surface area contributed by atoms with Crippen LogP contribution in [0.3, 0.4) is 0 Å². The maximum Gasteiger partial charge on any atom is 0.301 e. The molecule has 176 valence electrons. The highest BCUT2D eigenvalue weighted by Crippen LogP contribution is 2.43. The van der Waals surface area contributed by atoms with Crippen LogP contribution in [0.1, 0.15) is 31.1 Å². The zero-order valence-electron chi connectivity index (χ0n) is 19.2. The van der Waals surface area contributed by atoms with Crippen molar-refractivity contribution in [1.29, 1.82) is 0 Å². The van der Waals surface area contributed by atoms with E-state index in [4.69, 9.17) is 4.74 Å². The Morgan fingerprint density at radius 3 is 2.49 bits per heavy atom. The number of ketones is 1. The van der Waals surface area contributed by atoms with Crippen LogP contribution in [0.25, 0.3) is 16.0 Å². The summed E-state index contributed by atoms with van der Waals surface area (Å²) in [5.41, 5.74) is 1.57. The van der Waals surface area contributed by atoms with Crippen molar-refractivity contribution in [2.75, 3.05) is 11.5 Å². The maximum absolute atomic E-state index is 13.3. The predicted octanol–water partition coefficient (Wildman–Crippen LogP) is 5.35. The van der Waals surface area contributed by atoms with Crippen LogP contribution in [0.2, 0.25) is 0 Å². The first kappa shape index (κ1) is 22.7. The number of aliphatic hydroxyl groups excluding tert-OH is 1. The van der Waals surface area contributed by atoms with Crippen LogP contribution in [0.15, 0.2) is 78.5 Å². The molecule has 3 heterocycles. The second kappa shape index (κ2) is 9.31. The van der Waals surface area contributed by atoms with Gasteiger partial charge in [0.15, 0.2) is 5.13 Å². The zero-order valence-corrected chi connectivity index (χ0v) is 20.0. The van der Waals surface area contributed by atoms with Gasteiger partial charge >= 0.3 is 5.91 Å². The Hall–Kier alpha value is -4.04. The predicted molar refractivity (Wildman–Crippen MR) is 135 cm³/mol. The molecule has 8 heteroatoms. The Bertz CT molecular complexity index is 1390. The first-order chi connectivity index (χ1) is 16.9. The van der Waals surface area contributed by atoms with E-state index in [-0.39, 0.29) is 11.3 Å². The summed E-state index contributed by atoms with van der Waals surface area (Å²) >= 11 is 1.31. The molecule has 2 aromatic carbocycles. The number of carbonyl (C=O) groups is 2. The van der Waals surface area contributed by atoms with E-state index in [1.807, 2.05) is 24.3 Å². The first-order valence-electron chi connectivity index (χ1n) is 11.2. The largest absolute Gasteiger partial charge is 0.507 e. The second-order valence-electron chi connectivity index (χ2n) is 8.62. The van der Waals surface area contributed by atoms with E-state index in [0.717, 1.165) is 10.2 Å². The average molecular weight is 486 g/mol. The van der Waals surface area contributed by atoms with Gasteiger partial charge in [-0.05, 0) is 54.4 Å². The minimum Gasteiger partial charge on any atom is -0.507 e. The number of carbonyl (C=O) groups excluding carboxylic acids is 2. The van der Waals surface area contributed by atoms with Crippen molar-refractivity contribution >= 4 is 44.1 Å². The standard InChI is InChI=1S/C27H23N3O4S/c1-16(2)15-34-18-12-10-17(11-13-18)24(31)22-23(20-8-5-6-14-28-20)30(26(33)25(22)32)27-29-19-7-3-4-9-21(19)35-27/h3-14,16,23,31H,15H2,1-2H3/b24-22+. The molecule has 1 aliphatic heterocycles. The number of nitrogens with zero attached hydrogens (tertiary/aromatic N) is 3. The summed E-state index contributed by atoms with van der Waals surface area (Å²) in [5, 5.41) is 11.6. The number of hydrogen-bond acceptors (Lipinski definition) is 7. The van der Waals surface area contributed by atoms with Gasteiger partial charge in [0, 0.05) is 11.8 Å². The molecule has 5 rings (SSSR count). The van der Waals surface area contributed by atoms with Crippen molar-refractivity contribution in [3.05, 3.63) is 89.8 Å². The normalized spacial score (nSPS) is 17.5. The number of Topliss-reactive ketones (excluding diaryl/α,β-unsaturated/α-hetero) is 1. The SMILES string of the molecule is CC(C)COc1ccc(/C(O)=C2\C(=O)C(=O)N(c3nc4ccccc4s3)C2c2ccccn2)cc1. The van der Waals surface area contributed by atoms with Crippen LogP contribution in [-0.4, -0.2) is 33.4 Å². The lowest BCUT2D eigenvalue weighted by atomic mass is 9.98. The summed E-state index contributed by atoms with van der Waals surface area (Å²) in [7, 11) is 0. The van der Waals surface area contributed by atoms with E-state index in [9.17, 15) is 14.7 Å². The van der Waals surface area contributed by atoms with Crippen LogP contribution in [0.4, 0.5) is 5.13 Å². The van der Waals surface area contributed by atoms with Gasteiger partial charge in [-0.15, -0.1) is 0 Å². The zero-order chi connectivity index (χ0) is 24.5. The number of para-hydroxylation sites is 1. The Balaban J connectivity index is 1.61. The summed E-state index contributed by atoms with van der Waals surface area (Å²) in [6.45, 7) is 4.68. The molecule has 35 heavy (non-hydrogen) atoms. The van der Waals surface area contributed by atoms with Gasteiger partial charge in [-0.2, -0.15) is 0 Å². The molecule has 2 aromatic heterocycles. The molecule has 1 fully saturated rings. The number of rotatable bonds is 6. The smallest absolute Gasteiger partial charge is 0.301 e. The van der Waals surface area contributed by atoms with Crippen molar-refractivity contribution < 1.29 is 19.4 Å². The molecule has 0 spiro atoms. The highest BCUT2D eigenvalue weighted by atomic mass is 32.1. The molecule has 7 nitrogen and oxygen atoms in total. The Morgan fingerprint density at radius 1 is 1.06 bits per heavy atom.